The van der Waals surface area contributed by atoms with Gasteiger partial charge in [0.25, 0.3) is 5.91 Å². The highest BCUT2D eigenvalue weighted by Gasteiger charge is 2.42. The van der Waals surface area contributed by atoms with Gasteiger partial charge in [0.1, 0.15) is 17.1 Å². The van der Waals surface area contributed by atoms with Crippen LogP contribution in [0.1, 0.15) is 79.7 Å². The molecule has 0 spiro atoms. The van der Waals surface area contributed by atoms with Crippen molar-refractivity contribution >= 4 is 17.5 Å². The Morgan fingerprint density at radius 2 is 1.86 bits per heavy atom. The van der Waals surface area contributed by atoms with Gasteiger partial charge in [0.15, 0.2) is 11.5 Å². The molecule has 0 saturated carbocycles. The number of nitrogens with one attached hydrogen (secondary N) is 1. The third kappa shape index (κ3) is 4.89. The number of aryl methyl sites for hydroxylation is 1. The lowest BCUT2D eigenvalue weighted by Gasteiger charge is -2.27. The van der Waals surface area contributed by atoms with E-state index in [0.717, 1.165) is 42.4 Å². The Labute approximate surface area is 217 Å². The zero-order valence-corrected chi connectivity index (χ0v) is 22.1. The van der Waals surface area contributed by atoms with Gasteiger partial charge >= 0.3 is 0 Å². The molecule has 1 aromatic heterocycles. The van der Waals surface area contributed by atoms with Crippen LogP contribution in [0.5, 0.6) is 17.2 Å². The molecule has 0 saturated heterocycles. The van der Waals surface area contributed by atoms with Crippen molar-refractivity contribution in [2.45, 2.75) is 59.4 Å². The summed E-state index contributed by atoms with van der Waals surface area (Å²) in [5.74, 6) is 1.29. The minimum atomic E-state index is -0.392. The van der Waals surface area contributed by atoms with Crippen LogP contribution in [0, 0.1) is 6.92 Å². The molecule has 192 valence electrons. The Bertz CT molecular complexity index is 1240. The number of amides is 1. The number of carbonyl (C=O) groups is 1. The van der Waals surface area contributed by atoms with Gasteiger partial charge in [-0.05, 0) is 62.1 Å². The second-order valence-corrected chi connectivity index (χ2v) is 9.48. The van der Waals surface area contributed by atoms with Crippen LogP contribution in [0.2, 0.25) is 5.02 Å². The van der Waals surface area contributed by atoms with Gasteiger partial charge in [-0.25, -0.2) is 0 Å². The lowest BCUT2D eigenvalue weighted by Crippen LogP contribution is -2.30. The standard InChI is InChI=1S/C28H34ClN3O4/c1-5-8-12-32-27(18-10-11-22(36-13-9-6-2)23(15-18)35-7-3)24-25(30-31-26(24)28(32)34)19-16-20(29)17(4)14-21(19)33/h10-11,14-16,27,33H,5-9,12-13H2,1-4H3,(H,30,31). The number of aromatic amines is 1. The Morgan fingerprint density at radius 1 is 1.08 bits per heavy atom. The Kier molecular flexibility index (Phi) is 8.09. The maximum atomic E-state index is 13.5. The van der Waals surface area contributed by atoms with E-state index in [0.29, 0.717) is 53.2 Å². The van der Waals surface area contributed by atoms with Gasteiger partial charge < -0.3 is 19.5 Å². The van der Waals surface area contributed by atoms with Crippen molar-refractivity contribution < 1.29 is 19.4 Å². The van der Waals surface area contributed by atoms with Crippen LogP contribution < -0.4 is 9.47 Å². The monoisotopic (exact) mass is 511 g/mol. The number of unbranched alkanes of at least 4 members (excludes halogenated alkanes) is 2. The quantitative estimate of drug-likeness (QED) is 0.281. The number of hydrogen-bond donors (Lipinski definition) is 2. The molecule has 36 heavy (non-hydrogen) atoms. The van der Waals surface area contributed by atoms with Gasteiger partial charge in [0.05, 0.1) is 19.3 Å². The highest BCUT2D eigenvalue weighted by molar-refractivity contribution is 6.31. The normalized spacial score (nSPS) is 14.9. The minimum Gasteiger partial charge on any atom is -0.507 e. The molecule has 2 heterocycles. The number of H-pyrrole nitrogens is 1. The number of ether oxygens (including phenoxy) is 2. The van der Waals surface area contributed by atoms with E-state index in [2.05, 4.69) is 24.0 Å². The smallest absolute Gasteiger partial charge is 0.273 e. The molecule has 4 rings (SSSR count). The number of nitrogens with zero attached hydrogens (tertiary/aromatic N) is 2. The van der Waals surface area contributed by atoms with Gasteiger partial charge in [-0.2, -0.15) is 5.10 Å². The summed E-state index contributed by atoms with van der Waals surface area (Å²) in [6, 6.07) is 8.78. The highest BCUT2D eigenvalue weighted by Crippen LogP contribution is 2.46. The highest BCUT2D eigenvalue weighted by atomic mass is 35.5. The molecule has 1 atom stereocenters. The van der Waals surface area contributed by atoms with E-state index in [1.54, 1.807) is 12.1 Å². The van der Waals surface area contributed by atoms with Crippen molar-refractivity contribution in [2.24, 2.45) is 0 Å². The SMILES string of the molecule is CCCCOc1ccc(C2c3c(-c4cc(Cl)c(C)cc4O)n[nH]c3C(=O)N2CCCC)cc1OCC. The van der Waals surface area contributed by atoms with E-state index in [9.17, 15) is 9.90 Å². The predicted molar refractivity (Wildman–Crippen MR) is 141 cm³/mol. The van der Waals surface area contributed by atoms with E-state index in [-0.39, 0.29) is 11.7 Å². The molecule has 1 aliphatic rings. The van der Waals surface area contributed by atoms with Crippen molar-refractivity contribution in [3.05, 3.63) is 57.7 Å². The number of carbonyl (C=O) groups excluding carboxylic acids is 1. The van der Waals surface area contributed by atoms with Gasteiger partial charge in [-0.15, -0.1) is 0 Å². The van der Waals surface area contributed by atoms with Gasteiger partial charge in [-0.3, -0.25) is 9.89 Å². The fraction of sp³-hybridized carbons (Fsp3) is 0.429. The summed E-state index contributed by atoms with van der Waals surface area (Å²) < 4.78 is 11.9. The number of aromatic nitrogens is 2. The molecular formula is C28H34ClN3O4. The van der Waals surface area contributed by atoms with Crippen molar-refractivity contribution in [3.8, 4) is 28.5 Å². The fourth-order valence-electron chi connectivity index (χ4n) is 4.57. The van der Waals surface area contributed by atoms with Crippen molar-refractivity contribution in [1.82, 2.24) is 15.1 Å². The average Bonchev–Trinajstić information content (AvgIpc) is 3.40. The Balaban J connectivity index is 1.84. The van der Waals surface area contributed by atoms with Crippen LogP contribution >= 0.6 is 11.6 Å². The zero-order valence-electron chi connectivity index (χ0n) is 21.4. The molecule has 2 aromatic carbocycles. The fourth-order valence-corrected chi connectivity index (χ4v) is 4.74. The maximum Gasteiger partial charge on any atom is 0.273 e. The molecule has 1 unspecified atom stereocenters. The number of halogens is 1. The molecule has 0 radical (unpaired) electrons. The molecule has 2 N–H and O–H groups in total. The molecular weight excluding hydrogens is 478 g/mol. The third-order valence-corrected chi connectivity index (χ3v) is 6.89. The van der Waals surface area contributed by atoms with Crippen LogP contribution in [0.3, 0.4) is 0 Å². The lowest BCUT2D eigenvalue weighted by atomic mass is 9.95. The minimum absolute atomic E-state index is 0.0686. The third-order valence-electron chi connectivity index (χ3n) is 6.49. The summed E-state index contributed by atoms with van der Waals surface area (Å²) in [4.78, 5) is 15.4. The topological polar surface area (TPSA) is 87.7 Å². The van der Waals surface area contributed by atoms with Crippen LogP contribution in [-0.2, 0) is 0 Å². The second kappa shape index (κ2) is 11.2. The number of phenolic OH excluding ortho intramolecular Hbond substituents is 1. The van der Waals surface area contributed by atoms with E-state index in [4.69, 9.17) is 21.1 Å². The van der Waals surface area contributed by atoms with E-state index >= 15 is 0 Å². The van der Waals surface area contributed by atoms with Crippen molar-refractivity contribution in [1.29, 1.82) is 0 Å². The molecule has 0 bridgehead atoms. The lowest BCUT2D eigenvalue weighted by molar-refractivity contribution is 0.0741. The number of rotatable bonds is 11. The first kappa shape index (κ1) is 25.9. The number of benzene rings is 2. The predicted octanol–water partition coefficient (Wildman–Crippen LogP) is 6.67. The molecule has 8 heteroatoms. The first-order valence-corrected chi connectivity index (χ1v) is 13.1. The summed E-state index contributed by atoms with van der Waals surface area (Å²) in [6.45, 7) is 9.70. The van der Waals surface area contributed by atoms with E-state index < -0.39 is 6.04 Å². The average molecular weight is 512 g/mol. The molecule has 1 amide bonds. The van der Waals surface area contributed by atoms with Crippen LogP contribution in [0.15, 0.2) is 30.3 Å². The van der Waals surface area contributed by atoms with E-state index in [1.165, 1.54) is 0 Å². The first-order chi connectivity index (χ1) is 17.4. The Morgan fingerprint density at radius 3 is 2.58 bits per heavy atom. The van der Waals surface area contributed by atoms with Gasteiger partial charge in [0.2, 0.25) is 0 Å². The molecule has 7 nitrogen and oxygen atoms in total. The largest absolute Gasteiger partial charge is 0.507 e. The molecule has 1 aliphatic heterocycles. The summed E-state index contributed by atoms with van der Waals surface area (Å²) in [5, 5.41) is 18.7. The number of aromatic hydroxyl groups is 1. The van der Waals surface area contributed by atoms with Crippen LogP contribution in [0.4, 0.5) is 0 Å². The van der Waals surface area contributed by atoms with Crippen molar-refractivity contribution in [3.63, 3.8) is 0 Å². The zero-order chi connectivity index (χ0) is 25.8. The Hall–Kier alpha value is -3.19. The number of fused-ring (bicyclic) bond motifs is 1. The summed E-state index contributed by atoms with van der Waals surface area (Å²) in [5.41, 5.74) is 3.83. The van der Waals surface area contributed by atoms with Crippen LogP contribution in [-0.4, -0.2) is 45.9 Å². The van der Waals surface area contributed by atoms with E-state index in [1.807, 2.05) is 36.9 Å². The summed E-state index contributed by atoms with van der Waals surface area (Å²) in [6.07, 6.45) is 3.83. The van der Waals surface area contributed by atoms with Crippen LogP contribution in [0.25, 0.3) is 11.3 Å². The summed E-state index contributed by atoms with van der Waals surface area (Å²) in [7, 11) is 0. The molecule has 3 aromatic rings. The number of phenols is 1. The first-order valence-electron chi connectivity index (χ1n) is 12.7. The van der Waals surface area contributed by atoms with Gasteiger partial charge in [0, 0.05) is 22.7 Å². The maximum absolute atomic E-state index is 13.5. The second-order valence-electron chi connectivity index (χ2n) is 9.08. The van der Waals surface area contributed by atoms with Gasteiger partial charge in [-0.1, -0.05) is 44.4 Å². The number of hydrogen-bond acceptors (Lipinski definition) is 5. The molecule has 0 aliphatic carbocycles. The molecule has 0 fully saturated rings. The summed E-state index contributed by atoms with van der Waals surface area (Å²) >= 11 is 6.40. The van der Waals surface area contributed by atoms with Crippen molar-refractivity contribution in [2.75, 3.05) is 19.8 Å².